The quantitative estimate of drug-likeness (QED) is 0.915. The second-order valence-corrected chi connectivity index (χ2v) is 4.84. The summed E-state index contributed by atoms with van der Waals surface area (Å²) in [4.78, 5) is 27.3. The highest BCUT2D eigenvalue weighted by Crippen LogP contribution is 2.13. The third kappa shape index (κ3) is 2.90. The van der Waals surface area contributed by atoms with E-state index in [1.54, 1.807) is 24.4 Å². The summed E-state index contributed by atoms with van der Waals surface area (Å²) in [7, 11) is 0. The van der Waals surface area contributed by atoms with Crippen molar-refractivity contribution in [1.82, 2.24) is 14.8 Å². The van der Waals surface area contributed by atoms with Crippen LogP contribution in [-0.4, -0.2) is 25.8 Å². The lowest BCUT2D eigenvalue weighted by Gasteiger charge is -2.10. The van der Waals surface area contributed by atoms with E-state index in [0.29, 0.717) is 17.9 Å². The first-order chi connectivity index (χ1) is 9.49. The second kappa shape index (κ2) is 5.64. The molecule has 2 aromatic heterocycles. The Morgan fingerprint density at radius 3 is 2.65 bits per heavy atom. The summed E-state index contributed by atoms with van der Waals surface area (Å²) < 4.78 is 1.19. The minimum atomic E-state index is -1.26. The molecule has 0 aliphatic heterocycles. The molecule has 0 aromatic carbocycles. The Morgan fingerprint density at radius 2 is 2.10 bits per heavy atom. The van der Waals surface area contributed by atoms with Gasteiger partial charge in [0.2, 0.25) is 0 Å². The zero-order valence-corrected chi connectivity index (χ0v) is 11.3. The van der Waals surface area contributed by atoms with E-state index in [9.17, 15) is 9.59 Å². The van der Waals surface area contributed by atoms with Crippen LogP contribution in [0.25, 0.3) is 11.4 Å². The first-order valence-electron chi connectivity index (χ1n) is 6.26. The number of nitrogens with zero attached hydrogens (tertiary/aromatic N) is 3. The smallest absolute Gasteiger partial charge is 0.341 e. The summed E-state index contributed by atoms with van der Waals surface area (Å²) in [6.07, 6.45) is 1.59. The molecule has 0 fully saturated rings. The minimum absolute atomic E-state index is 0.181. The maximum atomic E-state index is 12.0. The fraction of sp³-hybridized carbons (Fsp3) is 0.286. The third-order valence-electron chi connectivity index (χ3n) is 2.67. The lowest BCUT2D eigenvalue weighted by Crippen LogP contribution is -2.30. The molecule has 0 radical (unpaired) electrons. The average Bonchev–Trinajstić information content (AvgIpc) is 2.41. The molecule has 6 nitrogen and oxygen atoms in total. The van der Waals surface area contributed by atoms with E-state index in [0.717, 1.165) is 0 Å². The molecular formula is C14H15N3O3. The monoisotopic (exact) mass is 273 g/mol. The average molecular weight is 273 g/mol. The van der Waals surface area contributed by atoms with Gasteiger partial charge >= 0.3 is 5.97 Å². The van der Waals surface area contributed by atoms with Crippen molar-refractivity contribution in [3.05, 3.63) is 46.4 Å². The van der Waals surface area contributed by atoms with Gasteiger partial charge in [-0.3, -0.25) is 9.78 Å². The predicted octanol–water partition coefficient (Wildman–Crippen LogP) is 1.66. The molecule has 0 aliphatic carbocycles. The number of carboxylic acids is 1. The highest BCUT2D eigenvalue weighted by Gasteiger charge is 2.16. The zero-order chi connectivity index (χ0) is 14.7. The molecule has 0 atom stereocenters. The predicted molar refractivity (Wildman–Crippen MR) is 73.5 cm³/mol. The van der Waals surface area contributed by atoms with Crippen molar-refractivity contribution in [3.8, 4) is 11.4 Å². The molecule has 0 saturated heterocycles. The van der Waals surface area contributed by atoms with Crippen LogP contribution < -0.4 is 5.56 Å². The maximum Gasteiger partial charge on any atom is 0.341 e. The highest BCUT2D eigenvalue weighted by atomic mass is 16.4. The zero-order valence-electron chi connectivity index (χ0n) is 11.3. The molecule has 0 spiro atoms. The summed E-state index contributed by atoms with van der Waals surface area (Å²) >= 11 is 0. The molecule has 2 rings (SSSR count). The van der Waals surface area contributed by atoms with Crippen molar-refractivity contribution in [2.24, 2.45) is 5.92 Å². The van der Waals surface area contributed by atoms with Gasteiger partial charge in [0.15, 0.2) is 0 Å². The van der Waals surface area contributed by atoms with Crippen molar-refractivity contribution in [1.29, 1.82) is 0 Å². The van der Waals surface area contributed by atoms with E-state index in [1.807, 2.05) is 13.8 Å². The van der Waals surface area contributed by atoms with Gasteiger partial charge in [-0.25, -0.2) is 9.48 Å². The molecule has 2 heterocycles. The summed E-state index contributed by atoms with van der Waals surface area (Å²) in [6.45, 7) is 4.23. The SMILES string of the molecule is CC(C)Cn1nc(-c2ccccn2)cc(C(=O)O)c1=O. The molecule has 20 heavy (non-hydrogen) atoms. The van der Waals surface area contributed by atoms with Crippen molar-refractivity contribution in [2.45, 2.75) is 20.4 Å². The van der Waals surface area contributed by atoms with E-state index in [1.165, 1.54) is 10.7 Å². The van der Waals surface area contributed by atoms with Gasteiger partial charge in [0, 0.05) is 12.7 Å². The Balaban J connectivity index is 2.62. The summed E-state index contributed by atoms with van der Waals surface area (Å²) in [5, 5.41) is 13.3. The van der Waals surface area contributed by atoms with E-state index < -0.39 is 11.5 Å². The Morgan fingerprint density at radius 1 is 1.35 bits per heavy atom. The summed E-state index contributed by atoms with van der Waals surface area (Å²) in [6, 6.07) is 6.52. The van der Waals surface area contributed by atoms with Crippen LogP contribution in [0.15, 0.2) is 35.3 Å². The molecule has 0 unspecified atom stereocenters. The first kappa shape index (κ1) is 13.9. The fourth-order valence-electron chi connectivity index (χ4n) is 1.80. The normalized spacial score (nSPS) is 10.8. The van der Waals surface area contributed by atoms with E-state index in [4.69, 9.17) is 5.11 Å². The number of aromatic nitrogens is 3. The number of carboxylic acid groups (broad SMARTS) is 1. The van der Waals surface area contributed by atoms with Crippen LogP contribution in [0, 0.1) is 5.92 Å². The van der Waals surface area contributed by atoms with Crippen LogP contribution in [0.3, 0.4) is 0 Å². The number of rotatable bonds is 4. The number of hydrogen-bond acceptors (Lipinski definition) is 4. The lowest BCUT2D eigenvalue weighted by atomic mass is 10.2. The molecular weight excluding hydrogens is 258 g/mol. The maximum absolute atomic E-state index is 12.0. The Kier molecular flexibility index (Phi) is 3.93. The van der Waals surface area contributed by atoms with Crippen molar-refractivity contribution >= 4 is 5.97 Å². The van der Waals surface area contributed by atoms with Crippen LogP contribution in [-0.2, 0) is 6.54 Å². The number of hydrogen-bond donors (Lipinski definition) is 1. The fourth-order valence-corrected chi connectivity index (χ4v) is 1.80. The Bertz CT molecular complexity index is 678. The van der Waals surface area contributed by atoms with Gasteiger partial charge in [0.05, 0.1) is 5.69 Å². The van der Waals surface area contributed by atoms with Crippen molar-refractivity contribution in [3.63, 3.8) is 0 Å². The van der Waals surface area contributed by atoms with Gasteiger partial charge in [-0.1, -0.05) is 19.9 Å². The van der Waals surface area contributed by atoms with E-state index in [2.05, 4.69) is 10.1 Å². The van der Waals surface area contributed by atoms with E-state index in [-0.39, 0.29) is 11.5 Å². The molecule has 1 N–H and O–H groups in total. The molecule has 6 heteroatoms. The lowest BCUT2D eigenvalue weighted by molar-refractivity contribution is 0.0693. The van der Waals surface area contributed by atoms with Crippen LogP contribution in [0.4, 0.5) is 0 Å². The van der Waals surface area contributed by atoms with Crippen LogP contribution in [0.5, 0.6) is 0 Å². The summed E-state index contributed by atoms with van der Waals surface area (Å²) in [5.41, 5.74) is 0.0305. The van der Waals surface area contributed by atoms with E-state index >= 15 is 0 Å². The van der Waals surface area contributed by atoms with Gasteiger partial charge < -0.3 is 5.11 Å². The molecule has 0 saturated carbocycles. The van der Waals surface area contributed by atoms with Crippen LogP contribution >= 0.6 is 0 Å². The molecule has 0 aliphatic rings. The topological polar surface area (TPSA) is 85.1 Å². The van der Waals surface area contributed by atoms with Gasteiger partial charge in [-0.15, -0.1) is 0 Å². The van der Waals surface area contributed by atoms with Crippen LogP contribution in [0.2, 0.25) is 0 Å². The molecule has 2 aromatic rings. The van der Waals surface area contributed by atoms with Crippen LogP contribution in [0.1, 0.15) is 24.2 Å². The summed E-state index contributed by atoms with van der Waals surface area (Å²) in [5.74, 6) is -1.08. The molecule has 0 amide bonds. The Labute approximate surface area is 115 Å². The number of aromatic carboxylic acids is 1. The van der Waals surface area contributed by atoms with Gasteiger partial charge in [0.1, 0.15) is 11.3 Å². The molecule has 0 bridgehead atoms. The highest BCUT2D eigenvalue weighted by molar-refractivity contribution is 5.88. The van der Waals surface area contributed by atoms with Gasteiger partial charge in [-0.2, -0.15) is 5.10 Å². The van der Waals surface area contributed by atoms with Gasteiger partial charge in [-0.05, 0) is 24.1 Å². The Hall–Kier alpha value is -2.50. The first-order valence-corrected chi connectivity index (χ1v) is 6.26. The minimum Gasteiger partial charge on any atom is -0.477 e. The largest absolute Gasteiger partial charge is 0.477 e. The standard InChI is InChI=1S/C14H15N3O3/c1-9(2)8-17-13(18)10(14(19)20)7-12(16-17)11-5-3-4-6-15-11/h3-7,9H,8H2,1-2H3,(H,19,20). The third-order valence-corrected chi connectivity index (χ3v) is 2.67. The van der Waals surface area contributed by atoms with Crippen molar-refractivity contribution < 1.29 is 9.90 Å². The number of carbonyl (C=O) groups is 1. The van der Waals surface area contributed by atoms with Gasteiger partial charge in [0.25, 0.3) is 5.56 Å². The number of pyridine rings is 1. The second-order valence-electron chi connectivity index (χ2n) is 4.84. The molecule has 104 valence electrons. The van der Waals surface area contributed by atoms with Crippen molar-refractivity contribution in [2.75, 3.05) is 0 Å².